The third kappa shape index (κ3) is 7.93. The highest BCUT2D eigenvalue weighted by Crippen LogP contribution is 2.12. The lowest BCUT2D eigenvalue weighted by molar-refractivity contribution is -0.129. The van der Waals surface area contributed by atoms with Crippen LogP contribution in [0, 0.1) is 11.8 Å². The fourth-order valence-corrected chi connectivity index (χ4v) is 2.71. The molecule has 0 bridgehead atoms. The second kappa shape index (κ2) is 11.5. The van der Waals surface area contributed by atoms with Crippen LogP contribution in [0.2, 0.25) is 0 Å². The average molecular weight is 376 g/mol. The first-order valence-electron chi connectivity index (χ1n) is 9.44. The molecule has 1 aromatic carbocycles. The molecule has 0 fully saturated rings. The zero-order valence-electron chi connectivity index (χ0n) is 16.7. The monoisotopic (exact) mass is 375 g/mol. The number of rotatable bonds is 11. The molecule has 0 aliphatic carbocycles. The Morgan fingerprint density at radius 3 is 2.22 bits per heavy atom. The maximum atomic E-state index is 12.8. The fourth-order valence-electron chi connectivity index (χ4n) is 2.71. The van der Waals surface area contributed by atoms with Crippen LogP contribution in [0.15, 0.2) is 43.0 Å². The summed E-state index contributed by atoms with van der Waals surface area (Å²) in [7, 11) is 0. The van der Waals surface area contributed by atoms with Crippen LogP contribution >= 0.6 is 0 Å². The van der Waals surface area contributed by atoms with Crippen LogP contribution in [0.25, 0.3) is 0 Å². The van der Waals surface area contributed by atoms with E-state index in [2.05, 4.69) is 22.5 Å². The van der Waals surface area contributed by atoms with Crippen molar-refractivity contribution < 1.29 is 14.7 Å². The fraction of sp³-hybridized carbons (Fsp3) is 0.524. The second-order valence-electron chi connectivity index (χ2n) is 7.46. The Balaban J connectivity index is 2.87. The van der Waals surface area contributed by atoms with E-state index in [1.165, 1.54) is 0 Å². The summed E-state index contributed by atoms with van der Waals surface area (Å²) >= 11 is 0. The van der Waals surface area contributed by atoms with E-state index in [0.717, 1.165) is 0 Å². The number of amides is 2. The Hall–Kier alpha value is -2.18. The van der Waals surface area contributed by atoms with Gasteiger partial charge in [-0.15, -0.1) is 6.58 Å². The molecule has 4 N–H and O–H groups in total. The molecule has 0 aromatic heterocycles. The van der Waals surface area contributed by atoms with Gasteiger partial charge in [0.25, 0.3) is 0 Å². The predicted octanol–water partition coefficient (Wildman–Crippen LogP) is 2.32. The van der Waals surface area contributed by atoms with Crippen LogP contribution in [0.5, 0.6) is 0 Å². The van der Waals surface area contributed by atoms with E-state index in [4.69, 9.17) is 0 Å². The van der Waals surface area contributed by atoms with Gasteiger partial charge in [0.2, 0.25) is 11.8 Å². The van der Waals surface area contributed by atoms with E-state index in [9.17, 15) is 14.7 Å². The van der Waals surface area contributed by atoms with Crippen molar-refractivity contribution in [1.82, 2.24) is 10.6 Å². The number of carbonyl (C=O) groups is 2. The lowest BCUT2D eigenvalue weighted by atomic mass is 9.99. The van der Waals surface area contributed by atoms with Gasteiger partial charge >= 0.3 is 0 Å². The number of nitrogens with one attached hydrogen (secondary N) is 3. The molecule has 0 radical (unpaired) electrons. The Morgan fingerprint density at radius 2 is 1.74 bits per heavy atom. The molecule has 0 heterocycles. The van der Waals surface area contributed by atoms with E-state index in [-0.39, 0.29) is 36.3 Å². The third-order valence-corrected chi connectivity index (χ3v) is 4.21. The third-order valence-electron chi connectivity index (χ3n) is 4.21. The van der Waals surface area contributed by atoms with Crippen LogP contribution < -0.4 is 16.0 Å². The van der Waals surface area contributed by atoms with Gasteiger partial charge in [-0.1, -0.05) is 52.0 Å². The van der Waals surface area contributed by atoms with E-state index in [0.29, 0.717) is 12.1 Å². The van der Waals surface area contributed by atoms with E-state index >= 15 is 0 Å². The van der Waals surface area contributed by atoms with Crippen molar-refractivity contribution in [3.05, 3.63) is 43.0 Å². The summed E-state index contributed by atoms with van der Waals surface area (Å²) in [5.74, 6) is -0.288. The van der Waals surface area contributed by atoms with E-state index in [1.54, 1.807) is 18.2 Å². The highest BCUT2D eigenvalue weighted by Gasteiger charge is 2.29. The predicted molar refractivity (Wildman–Crippen MR) is 109 cm³/mol. The lowest BCUT2D eigenvalue weighted by Gasteiger charge is -2.28. The standard InChI is InChI=1S/C21H33N3O3/c1-6-16(13-25)22-19(15(4)5)21(27)24-18(12-14(2)3)20(26)23-17-10-8-7-9-11-17/h6-11,14-16,18-19,22,25H,1,12-13H2,2-5H3,(H,23,26)(H,24,27)/t16-,18+,19-/m1/s1. The van der Waals surface area contributed by atoms with Gasteiger partial charge in [0.1, 0.15) is 6.04 Å². The molecule has 0 aliphatic heterocycles. The first kappa shape index (κ1) is 22.9. The van der Waals surface area contributed by atoms with Crippen LogP contribution in [0.4, 0.5) is 5.69 Å². The smallest absolute Gasteiger partial charge is 0.246 e. The van der Waals surface area contributed by atoms with Gasteiger partial charge in [-0.3, -0.25) is 14.9 Å². The number of anilines is 1. The Morgan fingerprint density at radius 1 is 1.11 bits per heavy atom. The molecule has 2 amide bonds. The van der Waals surface area contributed by atoms with E-state index in [1.807, 2.05) is 45.9 Å². The first-order valence-corrected chi connectivity index (χ1v) is 9.44. The number of aliphatic hydroxyl groups is 1. The Labute approximate surface area is 162 Å². The van der Waals surface area contributed by atoms with E-state index < -0.39 is 12.1 Å². The number of hydrogen-bond donors (Lipinski definition) is 4. The number of hydrogen-bond acceptors (Lipinski definition) is 4. The quantitative estimate of drug-likeness (QED) is 0.447. The topological polar surface area (TPSA) is 90.5 Å². The van der Waals surface area contributed by atoms with Gasteiger partial charge in [0.05, 0.1) is 12.6 Å². The maximum Gasteiger partial charge on any atom is 0.246 e. The van der Waals surface area contributed by atoms with Gasteiger partial charge in [0, 0.05) is 11.7 Å². The van der Waals surface area contributed by atoms with Crippen LogP contribution in [0.1, 0.15) is 34.1 Å². The minimum Gasteiger partial charge on any atom is -0.394 e. The summed E-state index contributed by atoms with van der Waals surface area (Å²) in [5, 5.41) is 18.2. The molecule has 150 valence electrons. The van der Waals surface area contributed by atoms with Gasteiger partial charge in [-0.2, -0.15) is 0 Å². The summed E-state index contributed by atoms with van der Waals surface area (Å²) in [4.78, 5) is 25.5. The zero-order chi connectivity index (χ0) is 20.4. The van der Waals surface area contributed by atoms with Crippen LogP contribution in [-0.4, -0.2) is 41.7 Å². The molecule has 1 rings (SSSR count). The number of benzene rings is 1. The van der Waals surface area contributed by atoms with Crippen molar-refractivity contribution >= 4 is 17.5 Å². The highest BCUT2D eigenvalue weighted by atomic mass is 16.3. The number of carbonyl (C=O) groups excluding carboxylic acids is 2. The van der Waals surface area contributed by atoms with Crippen molar-refractivity contribution in [3.63, 3.8) is 0 Å². The molecule has 6 nitrogen and oxygen atoms in total. The molecule has 1 aromatic rings. The molecule has 0 aliphatic rings. The van der Waals surface area contributed by atoms with Crippen molar-refractivity contribution in [3.8, 4) is 0 Å². The molecular formula is C21H33N3O3. The molecule has 0 spiro atoms. The number of para-hydroxylation sites is 1. The lowest BCUT2D eigenvalue weighted by Crippen LogP contribution is -2.55. The molecular weight excluding hydrogens is 342 g/mol. The minimum absolute atomic E-state index is 0.0177. The second-order valence-corrected chi connectivity index (χ2v) is 7.46. The maximum absolute atomic E-state index is 12.8. The van der Waals surface area contributed by atoms with Gasteiger partial charge in [0.15, 0.2) is 0 Å². The molecule has 0 saturated carbocycles. The molecule has 3 atom stereocenters. The Bertz CT molecular complexity index is 602. The van der Waals surface area contributed by atoms with Gasteiger partial charge < -0.3 is 15.7 Å². The highest BCUT2D eigenvalue weighted by molar-refractivity contribution is 5.97. The summed E-state index contributed by atoms with van der Waals surface area (Å²) in [6.45, 7) is 11.4. The zero-order valence-corrected chi connectivity index (χ0v) is 16.7. The molecule has 0 saturated heterocycles. The van der Waals surface area contributed by atoms with Crippen LogP contribution in [0.3, 0.4) is 0 Å². The SMILES string of the molecule is C=C[C@H](CO)N[C@@H](C(=O)N[C@@H](CC(C)C)C(=O)Nc1ccccc1)C(C)C. The van der Waals surface area contributed by atoms with Gasteiger partial charge in [-0.05, 0) is 30.4 Å². The molecule has 6 heteroatoms. The van der Waals surface area contributed by atoms with Crippen molar-refractivity contribution in [2.24, 2.45) is 11.8 Å². The average Bonchev–Trinajstić information content (AvgIpc) is 2.62. The molecule has 0 unspecified atom stereocenters. The van der Waals surface area contributed by atoms with Crippen LogP contribution in [-0.2, 0) is 9.59 Å². The summed E-state index contributed by atoms with van der Waals surface area (Å²) < 4.78 is 0. The van der Waals surface area contributed by atoms with Crippen molar-refractivity contribution in [2.45, 2.75) is 52.2 Å². The Kier molecular flexibility index (Phi) is 9.75. The normalized spacial score (nSPS) is 14.5. The molecule has 27 heavy (non-hydrogen) atoms. The summed E-state index contributed by atoms with van der Waals surface area (Å²) in [5.41, 5.74) is 0.691. The minimum atomic E-state index is -0.642. The van der Waals surface area contributed by atoms with Crippen molar-refractivity contribution in [1.29, 1.82) is 0 Å². The summed E-state index contributed by atoms with van der Waals surface area (Å²) in [6, 6.07) is 7.60. The number of aliphatic hydroxyl groups excluding tert-OH is 1. The largest absolute Gasteiger partial charge is 0.394 e. The van der Waals surface area contributed by atoms with Gasteiger partial charge in [-0.25, -0.2) is 0 Å². The van der Waals surface area contributed by atoms with Crippen molar-refractivity contribution in [2.75, 3.05) is 11.9 Å². The first-order chi connectivity index (χ1) is 12.8. The summed E-state index contributed by atoms with van der Waals surface area (Å²) in [6.07, 6.45) is 2.09.